The highest BCUT2D eigenvalue weighted by atomic mass is 19.4. The number of aromatic nitrogens is 2. The van der Waals surface area contributed by atoms with Crippen molar-refractivity contribution >= 4 is 0 Å². The van der Waals surface area contributed by atoms with E-state index in [4.69, 9.17) is 4.84 Å². The fraction of sp³-hybridized carbons (Fsp3) is 0.529. The van der Waals surface area contributed by atoms with Crippen molar-refractivity contribution in [2.24, 2.45) is 0 Å². The number of hydrogen-bond donors (Lipinski definition) is 1. The van der Waals surface area contributed by atoms with Crippen LogP contribution >= 0.6 is 0 Å². The summed E-state index contributed by atoms with van der Waals surface area (Å²) in [5.41, 5.74) is 5.56. The smallest absolute Gasteiger partial charge is 0.329 e. The average Bonchev–Trinajstić information content (AvgIpc) is 3.04. The molecule has 1 aromatic carbocycles. The van der Waals surface area contributed by atoms with Crippen LogP contribution in [0.1, 0.15) is 49.6 Å². The van der Waals surface area contributed by atoms with Gasteiger partial charge in [0.1, 0.15) is 0 Å². The third kappa shape index (κ3) is 3.55. The van der Waals surface area contributed by atoms with Gasteiger partial charge in [0.2, 0.25) is 5.82 Å². The molecule has 0 amide bonds. The molecule has 0 radical (unpaired) electrons. The summed E-state index contributed by atoms with van der Waals surface area (Å²) in [6.07, 6.45) is -1.76. The summed E-state index contributed by atoms with van der Waals surface area (Å²) in [5.74, 6) is -1.14. The van der Waals surface area contributed by atoms with Crippen LogP contribution in [-0.2, 0) is 17.4 Å². The Hall–Kier alpha value is -1.93. The molecule has 0 bridgehead atoms. The molecular formula is C17H20F3N3O2. The maximum Gasteiger partial charge on any atom is 0.471 e. The highest BCUT2D eigenvalue weighted by Crippen LogP contribution is 2.40. The largest absolute Gasteiger partial charge is 0.471 e. The number of nitrogens with zero attached hydrogens (tertiary/aromatic N) is 2. The van der Waals surface area contributed by atoms with Crippen molar-refractivity contribution in [3.8, 4) is 11.4 Å². The first-order valence-electron chi connectivity index (χ1n) is 8.06. The topological polar surface area (TPSA) is 60.2 Å². The summed E-state index contributed by atoms with van der Waals surface area (Å²) in [6.45, 7) is 4.14. The van der Waals surface area contributed by atoms with E-state index < -0.39 is 12.1 Å². The maximum atomic E-state index is 12.6. The van der Waals surface area contributed by atoms with E-state index in [1.807, 2.05) is 12.1 Å². The van der Waals surface area contributed by atoms with Gasteiger partial charge in [0, 0.05) is 17.0 Å². The summed E-state index contributed by atoms with van der Waals surface area (Å²) in [6, 6.07) is 5.54. The van der Waals surface area contributed by atoms with Crippen molar-refractivity contribution in [1.82, 2.24) is 15.6 Å². The third-order valence-electron chi connectivity index (χ3n) is 4.62. The van der Waals surface area contributed by atoms with Crippen LogP contribution in [0.15, 0.2) is 22.7 Å². The van der Waals surface area contributed by atoms with Crippen LogP contribution < -0.4 is 5.48 Å². The molecule has 0 saturated carbocycles. The normalized spacial score (nSPS) is 18.2. The first-order valence-corrected chi connectivity index (χ1v) is 8.06. The molecule has 1 aliphatic rings. The second-order valence-corrected chi connectivity index (χ2v) is 6.81. The number of hydroxylamine groups is 1. The molecule has 0 aliphatic heterocycles. The number of rotatable bonds is 4. The van der Waals surface area contributed by atoms with Crippen LogP contribution in [0, 0.1) is 0 Å². The second kappa shape index (κ2) is 6.42. The number of alkyl halides is 3. The first-order chi connectivity index (χ1) is 11.7. The number of hydrogen-bond acceptors (Lipinski definition) is 5. The van der Waals surface area contributed by atoms with Crippen LogP contribution in [-0.4, -0.2) is 22.8 Å². The summed E-state index contributed by atoms with van der Waals surface area (Å²) in [5, 5.41) is 3.46. The SMILES string of the molecule is CONC(C)(C)C1CCCc2cc(-c3noc(C(F)(F)F)n3)ccc21. The van der Waals surface area contributed by atoms with E-state index in [0.717, 1.165) is 24.8 Å². The predicted octanol–water partition coefficient (Wildman–Crippen LogP) is 4.10. The zero-order valence-electron chi connectivity index (χ0n) is 14.3. The van der Waals surface area contributed by atoms with Gasteiger partial charge in [-0.3, -0.25) is 0 Å². The van der Waals surface area contributed by atoms with Crippen molar-refractivity contribution in [2.75, 3.05) is 7.11 Å². The van der Waals surface area contributed by atoms with Gasteiger partial charge in [-0.2, -0.15) is 23.6 Å². The van der Waals surface area contributed by atoms with Crippen molar-refractivity contribution in [3.63, 3.8) is 0 Å². The summed E-state index contributed by atoms with van der Waals surface area (Å²) >= 11 is 0. The predicted molar refractivity (Wildman–Crippen MR) is 84.6 cm³/mol. The van der Waals surface area contributed by atoms with Gasteiger partial charge in [-0.05, 0) is 50.3 Å². The van der Waals surface area contributed by atoms with E-state index in [1.165, 1.54) is 5.56 Å². The maximum absolute atomic E-state index is 12.6. The minimum absolute atomic E-state index is 0.0495. The molecule has 25 heavy (non-hydrogen) atoms. The molecule has 8 heteroatoms. The highest BCUT2D eigenvalue weighted by Gasteiger charge is 2.39. The molecule has 1 heterocycles. The zero-order chi connectivity index (χ0) is 18.2. The second-order valence-electron chi connectivity index (χ2n) is 6.81. The average molecular weight is 355 g/mol. The summed E-state index contributed by atoms with van der Waals surface area (Å²) in [4.78, 5) is 8.58. The van der Waals surface area contributed by atoms with Crippen molar-refractivity contribution in [2.45, 2.75) is 50.7 Å². The van der Waals surface area contributed by atoms with Gasteiger partial charge in [-0.1, -0.05) is 17.3 Å². The molecule has 5 nitrogen and oxygen atoms in total. The molecular weight excluding hydrogens is 335 g/mol. The Morgan fingerprint density at radius 2 is 2.04 bits per heavy atom. The molecule has 1 aromatic heterocycles. The minimum atomic E-state index is -4.64. The lowest BCUT2D eigenvalue weighted by molar-refractivity contribution is -0.159. The Bertz CT molecular complexity index is 756. The molecule has 2 aromatic rings. The lowest BCUT2D eigenvalue weighted by Gasteiger charge is -2.38. The quantitative estimate of drug-likeness (QED) is 0.837. The van der Waals surface area contributed by atoms with Crippen molar-refractivity contribution in [1.29, 1.82) is 0 Å². The molecule has 0 fully saturated rings. The van der Waals surface area contributed by atoms with Crippen LogP contribution in [0.2, 0.25) is 0 Å². The van der Waals surface area contributed by atoms with E-state index in [-0.39, 0.29) is 17.3 Å². The van der Waals surface area contributed by atoms with Crippen molar-refractivity contribution < 1.29 is 22.5 Å². The van der Waals surface area contributed by atoms with Crippen LogP contribution in [0.25, 0.3) is 11.4 Å². The van der Waals surface area contributed by atoms with Gasteiger partial charge in [0.25, 0.3) is 0 Å². The zero-order valence-corrected chi connectivity index (χ0v) is 14.3. The molecule has 1 atom stereocenters. The number of halogens is 3. The molecule has 0 spiro atoms. The Balaban J connectivity index is 1.93. The number of nitrogens with one attached hydrogen (secondary N) is 1. The minimum Gasteiger partial charge on any atom is -0.329 e. The number of fused-ring (bicyclic) bond motifs is 1. The number of aryl methyl sites for hydroxylation is 1. The van der Waals surface area contributed by atoms with Crippen LogP contribution in [0.5, 0.6) is 0 Å². The Morgan fingerprint density at radius 3 is 2.68 bits per heavy atom. The fourth-order valence-corrected chi connectivity index (χ4v) is 3.49. The molecule has 136 valence electrons. The number of benzene rings is 1. The summed E-state index contributed by atoms with van der Waals surface area (Å²) in [7, 11) is 1.59. The van der Waals surface area contributed by atoms with E-state index >= 15 is 0 Å². The molecule has 1 aliphatic carbocycles. The first kappa shape index (κ1) is 17.9. The third-order valence-corrected chi connectivity index (χ3v) is 4.62. The summed E-state index contributed by atoms with van der Waals surface area (Å²) < 4.78 is 42.2. The van der Waals surface area contributed by atoms with Crippen LogP contribution in [0.4, 0.5) is 13.2 Å². The van der Waals surface area contributed by atoms with Gasteiger partial charge in [-0.15, -0.1) is 0 Å². The highest BCUT2D eigenvalue weighted by molar-refractivity contribution is 5.58. The van der Waals surface area contributed by atoms with E-state index in [0.29, 0.717) is 5.56 Å². The molecule has 0 saturated heterocycles. The molecule has 1 unspecified atom stereocenters. The Morgan fingerprint density at radius 1 is 1.28 bits per heavy atom. The Kier molecular flexibility index (Phi) is 4.59. The standard InChI is InChI=1S/C17H20F3N3O2/c1-16(2,23-24-3)13-6-4-5-10-9-11(7-8-12(10)13)14-21-15(25-22-14)17(18,19)20/h7-9,13,23H,4-6H2,1-3H3. The van der Waals surface area contributed by atoms with Gasteiger partial charge in [0.05, 0.1) is 7.11 Å². The van der Waals surface area contributed by atoms with E-state index in [1.54, 1.807) is 13.2 Å². The fourth-order valence-electron chi connectivity index (χ4n) is 3.49. The van der Waals surface area contributed by atoms with E-state index in [9.17, 15) is 13.2 Å². The molecule has 3 rings (SSSR count). The van der Waals surface area contributed by atoms with Gasteiger partial charge < -0.3 is 9.36 Å². The lowest BCUT2D eigenvalue weighted by Crippen LogP contribution is -2.45. The molecule has 1 N–H and O–H groups in total. The van der Waals surface area contributed by atoms with Crippen molar-refractivity contribution in [3.05, 3.63) is 35.2 Å². The van der Waals surface area contributed by atoms with Crippen LogP contribution in [0.3, 0.4) is 0 Å². The van der Waals surface area contributed by atoms with Gasteiger partial charge in [-0.25, -0.2) is 0 Å². The monoisotopic (exact) mass is 355 g/mol. The lowest BCUT2D eigenvalue weighted by atomic mass is 9.73. The van der Waals surface area contributed by atoms with Gasteiger partial charge in [0.15, 0.2) is 0 Å². The van der Waals surface area contributed by atoms with Gasteiger partial charge >= 0.3 is 12.1 Å². The Labute approximate surface area is 143 Å². The van der Waals surface area contributed by atoms with E-state index in [2.05, 4.69) is 34.0 Å².